The van der Waals surface area contributed by atoms with Gasteiger partial charge in [-0.05, 0) is 17.5 Å². The van der Waals surface area contributed by atoms with E-state index in [0.29, 0.717) is 5.56 Å². The zero-order valence-corrected chi connectivity index (χ0v) is 10.0. The lowest BCUT2D eigenvalue weighted by Crippen LogP contribution is -2.30. The highest BCUT2D eigenvalue weighted by molar-refractivity contribution is 7.87. The normalized spacial score (nSPS) is 12.1. The number of benzene rings is 1. The average Bonchev–Trinajstić information content (AvgIpc) is 2.14. The Kier molecular flexibility index (Phi) is 4.01. The second-order valence-electron chi connectivity index (χ2n) is 3.87. The molecule has 0 saturated heterocycles. The summed E-state index contributed by atoms with van der Waals surface area (Å²) in [5.41, 5.74) is 1.24. The molecule has 1 aromatic rings. The predicted octanol–water partition coefficient (Wildman–Crippen LogP) is 1.24. The molecular weight excluding hydrogens is 231 g/mol. The molecule has 4 nitrogen and oxygen atoms in total. The standard InChI is InChI=1S/C10H15FN2O2S/c1-7(2)8-3-4-10(11)9(5-8)6-13-16(12,14)15/h3-5,7,13H,6H2,1-2H3,(H2,12,14,15). The second kappa shape index (κ2) is 4.90. The minimum atomic E-state index is -3.79. The molecule has 0 atom stereocenters. The van der Waals surface area contributed by atoms with Crippen molar-refractivity contribution < 1.29 is 12.8 Å². The topological polar surface area (TPSA) is 72.2 Å². The minimum absolute atomic E-state index is 0.134. The van der Waals surface area contributed by atoms with Crippen molar-refractivity contribution in [2.24, 2.45) is 5.14 Å². The number of halogens is 1. The Morgan fingerprint density at radius 3 is 2.56 bits per heavy atom. The van der Waals surface area contributed by atoms with Crippen LogP contribution in [0.2, 0.25) is 0 Å². The summed E-state index contributed by atoms with van der Waals surface area (Å²) in [6, 6.07) is 4.65. The lowest BCUT2D eigenvalue weighted by molar-refractivity contribution is 0.575. The van der Waals surface area contributed by atoms with Crippen LogP contribution >= 0.6 is 0 Å². The largest absolute Gasteiger partial charge is 0.274 e. The monoisotopic (exact) mass is 246 g/mol. The highest BCUT2D eigenvalue weighted by Crippen LogP contribution is 2.18. The van der Waals surface area contributed by atoms with Gasteiger partial charge in [-0.25, -0.2) is 9.53 Å². The van der Waals surface area contributed by atoms with Gasteiger partial charge in [0.05, 0.1) is 0 Å². The Balaban J connectivity index is 2.90. The molecule has 0 saturated carbocycles. The maximum absolute atomic E-state index is 13.3. The molecule has 0 aliphatic carbocycles. The van der Waals surface area contributed by atoms with Gasteiger partial charge in [-0.15, -0.1) is 0 Å². The Labute approximate surface area is 94.8 Å². The third-order valence-electron chi connectivity index (χ3n) is 2.20. The molecule has 0 aromatic heterocycles. The molecule has 1 aromatic carbocycles. The van der Waals surface area contributed by atoms with Gasteiger partial charge in [-0.3, -0.25) is 0 Å². The van der Waals surface area contributed by atoms with E-state index in [0.717, 1.165) is 5.56 Å². The molecule has 0 aliphatic rings. The van der Waals surface area contributed by atoms with Gasteiger partial charge in [-0.2, -0.15) is 13.1 Å². The number of rotatable bonds is 4. The van der Waals surface area contributed by atoms with Gasteiger partial charge in [0.1, 0.15) is 5.82 Å². The average molecular weight is 246 g/mol. The van der Waals surface area contributed by atoms with Crippen LogP contribution in [0.1, 0.15) is 30.9 Å². The van der Waals surface area contributed by atoms with Gasteiger partial charge >= 0.3 is 0 Å². The van der Waals surface area contributed by atoms with E-state index < -0.39 is 16.0 Å². The van der Waals surface area contributed by atoms with Crippen LogP contribution in [-0.2, 0) is 16.8 Å². The van der Waals surface area contributed by atoms with E-state index >= 15 is 0 Å². The van der Waals surface area contributed by atoms with Crippen LogP contribution in [-0.4, -0.2) is 8.42 Å². The van der Waals surface area contributed by atoms with Gasteiger partial charge < -0.3 is 0 Å². The third-order valence-corrected chi connectivity index (χ3v) is 2.75. The molecule has 90 valence electrons. The van der Waals surface area contributed by atoms with Gasteiger partial charge in [0.2, 0.25) is 0 Å². The molecule has 1 rings (SSSR count). The highest BCUT2D eigenvalue weighted by atomic mass is 32.2. The zero-order chi connectivity index (χ0) is 12.3. The van der Waals surface area contributed by atoms with E-state index in [9.17, 15) is 12.8 Å². The smallest absolute Gasteiger partial charge is 0.216 e. The molecular formula is C10H15FN2O2S. The fourth-order valence-electron chi connectivity index (χ4n) is 1.27. The Morgan fingerprint density at radius 1 is 1.44 bits per heavy atom. The maximum atomic E-state index is 13.3. The molecule has 3 N–H and O–H groups in total. The van der Waals surface area contributed by atoms with Gasteiger partial charge in [-0.1, -0.05) is 26.0 Å². The van der Waals surface area contributed by atoms with Crippen LogP contribution in [0.4, 0.5) is 4.39 Å². The van der Waals surface area contributed by atoms with E-state index in [4.69, 9.17) is 5.14 Å². The molecule has 0 bridgehead atoms. The maximum Gasteiger partial charge on any atom is 0.274 e. The molecule has 0 spiro atoms. The first kappa shape index (κ1) is 13.1. The predicted molar refractivity (Wildman–Crippen MR) is 60.4 cm³/mol. The Morgan fingerprint density at radius 2 is 2.06 bits per heavy atom. The molecule has 16 heavy (non-hydrogen) atoms. The summed E-state index contributed by atoms with van der Waals surface area (Å²) >= 11 is 0. The Bertz CT molecular complexity index is 472. The summed E-state index contributed by atoms with van der Waals surface area (Å²) in [5.74, 6) is -0.186. The molecule has 0 fully saturated rings. The van der Waals surface area contributed by atoms with Crippen LogP contribution in [0, 0.1) is 5.82 Å². The molecule has 6 heteroatoms. The van der Waals surface area contributed by atoms with E-state index in [1.165, 1.54) is 6.07 Å². The van der Waals surface area contributed by atoms with Crippen molar-refractivity contribution in [2.45, 2.75) is 26.3 Å². The van der Waals surface area contributed by atoms with Crippen molar-refractivity contribution >= 4 is 10.2 Å². The molecule has 0 radical (unpaired) electrons. The van der Waals surface area contributed by atoms with Crippen molar-refractivity contribution in [3.05, 3.63) is 35.1 Å². The number of nitrogens with two attached hydrogens (primary N) is 1. The minimum Gasteiger partial charge on any atom is -0.216 e. The zero-order valence-electron chi connectivity index (χ0n) is 9.20. The van der Waals surface area contributed by atoms with Crippen molar-refractivity contribution in [2.75, 3.05) is 0 Å². The van der Waals surface area contributed by atoms with Crippen LogP contribution in [0.5, 0.6) is 0 Å². The first-order valence-corrected chi connectivity index (χ1v) is 6.40. The van der Waals surface area contributed by atoms with E-state index in [1.54, 1.807) is 12.1 Å². The summed E-state index contributed by atoms with van der Waals surface area (Å²) < 4.78 is 36.7. The molecule has 0 amide bonds. The lowest BCUT2D eigenvalue weighted by atomic mass is 10.0. The first-order chi connectivity index (χ1) is 7.29. The van der Waals surface area contributed by atoms with Gasteiger partial charge in [0.25, 0.3) is 10.2 Å². The third kappa shape index (κ3) is 3.88. The summed E-state index contributed by atoms with van der Waals surface area (Å²) in [5, 5.41) is 4.77. The SMILES string of the molecule is CC(C)c1ccc(F)c(CNS(N)(=O)=O)c1. The summed E-state index contributed by atoms with van der Waals surface area (Å²) in [6.45, 7) is 3.82. The summed E-state index contributed by atoms with van der Waals surface area (Å²) in [6.07, 6.45) is 0. The highest BCUT2D eigenvalue weighted by Gasteiger charge is 2.08. The number of hydrogen-bond acceptors (Lipinski definition) is 2. The molecule has 0 aliphatic heterocycles. The van der Waals surface area contributed by atoms with Crippen molar-refractivity contribution in [1.82, 2.24) is 4.72 Å². The van der Waals surface area contributed by atoms with E-state index in [-0.39, 0.29) is 12.5 Å². The van der Waals surface area contributed by atoms with E-state index in [1.807, 2.05) is 13.8 Å². The van der Waals surface area contributed by atoms with Crippen molar-refractivity contribution in [3.8, 4) is 0 Å². The summed E-state index contributed by atoms with van der Waals surface area (Å²) in [7, 11) is -3.79. The van der Waals surface area contributed by atoms with Crippen LogP contribution in [0.25, 0.3) is 0 Å². The molecule has 0 unspecified atom stereocenters. The second-order valence-corrected chi connectivity index (χ2v) is 5.25. The van der Waals surface area contributed by atoms with Gasteiger partial charge in [0, 0.05) is 12.1 Å². The molecule has 0 heterocycles. The Hall–Kier alpha value is -0.980. The van der Waals surface area contributed by atoms with Gasteiger partial charge in [0.15, 0.2) is 0 Å². The first-order valence-electron chi connectivity index (χ1n) is 4.85. The van der Waals surface area contributed by atoms with Crippen molar-refractivity contribution in [3.63, 3.8) is 0 Å². The fourth-order valence-corrected chi connectivity index (χ4v) is 1.62. The fraction of sp³-hybridized carbons (Fsp3) is 0.400. The lowest BCUT2D eigenvalue weighted by Gasteiger charge is -2.09. The van der Waals surface area contributed by atoms with Crippen LogP contribution in [0.15, 0.2) is 18.2 Å². The summed E-state index contributed by atoms with van der Waals surface area (Å²) in [4.78, 5) is 0. The quantitative estimate of drug-likeness (QED) is 0.839. The van der Waals surface area contributed by atoms with Crippen LogP contribution < -0.4 is 9.86 Å². The van der Waals surface area contributed by atoms with E-state index in [2.05, 4.69) is 4.72 Å². The number of nitrogens with one attached hydrogen (secondary N) is 1. The van der Waals surface area contributed by atoms with Crippen molar-refractivity contribution in [1.29, 1.82) is 0 Å². The number of hydrogen-bond donors (Lipinski definition) is 2. The van der Waals surface area contributed by atoms with Crippen LogP contribution in [0.3, 0.4) is 0 Å².